The minimum atomic E-state index is -1.60. The van der Waals surface area contributed by atoms with Crippen LogP contribution in [0.15, 0.2) is 0 Å². The maximum absolute atomic E-state index is 11.4. The lowest BCUT2D eigenvalue weighted by atomic mass is 10.2. The summed E-state index contributed by atoms with van der Waals surface area (Å²) in [5.41, 5.74) is 0. The minimum absolute atomic E-state index is 0.274. The second-order valence-electron chi connectivity index (χ2n) is 6.45. The quantitative estimate of drug-likeness (QED) is 0.560. The number of nitrogens with zero attached hydrogens (tertiary/aromatic N) is 1. The van der Waals surface area contributed by atoms with Gasteiger partial charge < -0.3 is 9.33 Å². The number of likely N-dealkylation sites (tertiary alicyclic amines) is 1. The topological polar surface area (TPSA) is 29.5 Å². The summed E-state index contributed by atoms with van der Waals surface area (Å²) in [6, 6.07) is 0. The second-order valence-corrected chi connectivity index (χ2v) is 11.3. The van der Waals surface area contributed by atoms with Crippen LogP contribution in [-0.4, -0.2) is 38.8 Å². The summed E-state index contributed by atoms with van der Waals surface area (Å²) in [6.45, 7) is 13.9. The SMILES string of the molecule is CC(C)(C)[Si](C)(C)OCCCN1CCCC1=O. The lowest BCUT2D eigenvalue weighted by Gasteiger charge is -2.36. The van der Waals surface area contributed by atoms with Crippen LogP contribution in [0.5, 0.6) is 0 Å². The van der Waals surface area contributed by atoms with Crippen LogP contribution in [0.4, 0.5) is 0 Å². The van der Waals surface area contributed by atoms with Gasteiger partial charge in [-0.2, -0.15) is 0 Å². The van der Waals surface area contributed by atoms with E-state index in [9.17, 15) is 4.79 Å². The third-order valence-corrected chi connectivity index (χ3v) is 8.55. The van der Waals surface area contributed by atoms with Crippen LogP contribution in [0, 0.1) is 0 Å². The van der Waals surface area contributed by atoms with Gasteiger partial charge in [-0.1, -0.05) is 20.8 Å². The first-order valence-corrected chi connectivity index (χ1v) is 9.56. The fourth-order valence-corrected chi connectivity index (χ4v) is 2.83. The van der Waals surface area contributed by atoms with Gasteiger partial charge in [-0.05, 0) is 31.0 Å². The Bertz CT molecular complexity index is 271. The van der Waals surface area contributed by atoms with Gasteiger partial charge in [-0.25, -0.2) is 0 Å². The Kier molecular flexibility index (Phi) is 4.78. The van der Waals surface area contributed by atoms with Gasteiger partial charge in [-0.15, -0.1) is 0 Å². The van der Waals surface area contributed by atoms with E-state index in [0.717, 1.165) is 39.0 Å². The van der Waals surface area contributed by atoms with Crippen LogP contribution >= 0.6 is 0 Å². The molecule has 1 amide bonds. The van der Waals surface area contributed by atoms with Crippen molar-refractivity contribution >= 4 is 14.2 Å². The van der Waals surface area contributed by atoms with Gasteiger partial charge in [0.25, 0.3) is 0 Å². The predicted molar refractivity (Wildman–Crippen MR) is 73.6 cm³/mol. The van der Waals surface area contributed by atoms with Gasteiger partial charge in [0.05, 0.1) is 0 Å². The van der Waals surface area contributed by atoms with Crippen LogP contribution < -0.4 is 0 Å². The van der Waals surface area contributed by atoms with Gasteiger partial charge >= 0.3 is 0 Å². The first-order valence-electron chi connectivity index (χ1n) is 6.66. The highest BCUT2D eigenvalue weighted by atomic mass is 28.4. The Morgan fingerprint density at radius 3 is 2.47 bits per heavy atom. The fraction of sp³-hybridized carbons (Fsp3) is 0.923. The third kappa shape index (κ3) is 4.10. The monoisotopic (exact) mass is 257 g/mol. The number of rotatable bonds is 5. The molecule has 1 aliphatic heterocycles. The summed E-state index contributed by atoms with van der Waals surface area (Å²) < 4.78 is 6.09. The van der Waals surface area contributed by atoms with Crippen molar-refractivity contribution in [2.75, 3.05) is 19.7 Å². The van der Waals surface area contributed by atoms with Crippen molar-refractivity contribution in [1.29, 1.82) is 0 Å². The van der Waals surface area contributed by atoms with E-state index in [1.165, 1.54) is 0 Å². The molecule has 0 radical (unpaired) electrons. The molecule has 0 aromatic carbocycles. The van der Waals surface area contributed by atoms with Crippen LogP contribution in [0.1, 0.15) is 40.0 Å². The van der Waals surface area contributed by atoms with E-state index in [-0.39, 0.29) is 5.04 Å². The van der Waals surface area contributed by atoms with Crippen LogP contribution in [0.3, 0.4) is 0 Å². The van der Waals surface area contributed by atoms with Gasteiger partial charge in [0.15, 0.2) is 8.32 Å². The molecule has 0 aliphatic carbocycles. The van der Waals surface area contributed by atoms with Crippen molar-refractivity contribution in [3.63, 3.8) is 0 Å². The zero-order chi connectivity index (χ0) is 13.1. The molecule has 0 aromatic rings. The maximum atomic E-state index is 11.4. The molecular formula is C13H27NO2Si. The molecule has 4 heteroatoms. The van der Waals surface area contributed by atoms with Gasteiger partial charge in [-0.3, -0.25) is 4.79 Å². The molecule has 0 unspecified atom stereocenters. The first-order chi connectivity index (χ1) is 7.74. The third-order valence-electron chi connectivity index (χ3n) is 4.01. The van der Waals surface area contributed by atoms with E-state index in [1.54, 1.807) is 0 Å². The van der Waals surface area contributed by atoms with Crippen LogP contribution in [0.25, 0.3) is 0 Å². The number of carbonyl (C=O) groups excluding carboxylic acids is 1. The van der Waals surface area contributed by atoms with E-state index in [4.69, 9.17) is 4.43 Å². The van der Waals surface area contributed by atoms with E-state index in [2.05, 4.69) is 33.9 Å². The van der Waals surface area contributed by atoms with E-state index < -0.39 is 8.32 Å². The molecule has 0 aromatic heterocycles. The summed E-state index contributed by atoms with van der Waals surface area (Å²) in [7, 11) is -1.60. The molecule has 3 nitrogen and oxygen atoms in total. The molecule has 1 fully saturated rings. The molecule has 0 spiro atoms. The highest BCUT2D eigenvalue weighted by Gasteiger charge is 2.36. The number of carbonyl (C=O) groups is 1. The average molecular weight is 257 g/mol. The predicted octanol–water partition coefficient (Wildman–Crippen LogP) is 3.02. The van der Waals surface area contributed by atoms with Gasteiger partial charge in [0.2, 0.25) is 5.91 Å². The first kappa shape index (κ1) is 14.7. The highest BCUT2D eigenvalue weighted by Crippen LogP contribution is 2.36. The van der Waals surface area contributed by atoms with Gasteiger partial charge in [0.1, 0.15) is 0 Å². The number of hydrogen-bond acceptors (Lipinski definition) is 2. The highest BCUT2D eigenvalue weighted by molar-refractivity contribution is 6.74. The lowest BCUT2D eigenvalue weighted by molar-refractivity contribution is -0.127. The van der Waals surface area contributed by atoms with Crippen molar-refractivity contribution in [3.05, 3.63) is 0 Å². The summed E-state index contributed by atoms with van der Waals surface area (Å²) >= 11 is 0. The number of hydrogen-bond donors (Lipinski definition) is 0. The molecule has 1 heterocycles. The largest absolute Gasteiger partial charge is 0.417 e. The molecule has 0 saturated carbocycles. The Labute approximate surface area is 107 Å². The van der Waals surface area contributed by atoms with Crippen molar-refractivity contribution in [2.45, 2.75) is 58.2 Å². The summed E-state index contributed by atoms with van der Waals surface area (Å²) in [4.78, 5) is 13.4. The van der Waals surface area contributed by atoms with Crippen LogP contribution in [0.2, 0.25) is 18.1 Å². The van der Waals surface area contributed by atoms with E-state index in [1.807, 2.05) is 4.90 Å². The van der Waals surface area contributed by atoms with Gasteiger partial charge in [0, 0.05) is 26.1 Å². The summed E-state index contributed by atoms with van der Waals surface area (Å²) in [5.74, 6) is 0.317. The second kappa shape index (κ2) is 5.53. The average Bonchev–Trinajstić information content (AvgIpc) is 2.57. The molecular weight excluding hydrogens is 230 g/mol. The molecule has 0 bridgehead atoms. The van der Waals surface area contributed by atoms with Crippen molar-refractivity contribution in [3.8, 4) is 0 Å². The molecule has 100 valence electrons. The standard InChI is InChI=1S/C13H27NO2Si/c1-13(2,3)17(4,5)16-11-7-10-14-9-6-8-12(14)15/h6-11H2,1-5H3. The molecule has 1 saturated heterocycles. The van der Waals surface area contributed by atoms with Crippen molar-refractivity contribution in [1.82, 2.24) is 4.90 Å². The lowest BCUT2D eigenvalue weighted by Crippen LogP contribution is -2.41. The Hall–Kier alpha value is -0.353. The van der Waals surface area contributed by atoms with E-state index >= 15 is 0 Å². The molecule has 0 N–H and O–H groups in total. The van der Waals surface area contributed by atoms with Crippen LogP contribution in [-0.2, 0) is 9.22 Å². The number of amides is 1. The maximum Gasteiger partial charge on any atom is 0.222 e. The summed E-state index contributed by atoms with van der Waals surface area (Å²) in [6.07, 6.45) is 2.74. The Morgan fingerprint density at radius 1 is 1.35 bits per heavy atom. The molecule has 1 rings (SSSR count). The molecule has 1 aliphatic rings. The smallest absolute Gasteiger partial charge is 0.222 e. The zero-order valence-corrected chi connectivity index (χ0v) is 13.0. The van der Waals surface area contributed by atoms with Crippen molar-refractivity contribution < 1.29 is 9.22 Å². The molecule has 0 atom stereocenters. The summed E-state index contributed by atoms with van der Waals surface area (Å²) in [5, 5.41) is 0.274. The zero-order valence-electron chi connectivity index (χ0n) is 12.0. The Morgan fingerprint density at radius 2 is 2.00 bits per heavy atom. The minimum Gasteiger partial charge on any atom is -0.417 e. The molecule has 17 heavy (non-hydrogen) atoms. The normalized spacial score (nSPS) is 17.9. The van der Waals surface area contributed by atoms with Crippen molar-refractivity contribution in [2.24, 2.45) is 0 Å². The fourth-order valence-electron chi connectivity index (χ4n) is 1.74. The van der Waals surface area contributed by atoms with E-state index in [0.29, 0.717) is 5.91 Å². The Balaban J connectivity index is 2.22.